The molecule has 0 spiro atoms. The Morgan fingerprint density at radius 2 is 1.64 bits per heavy atom. The van der Waals surface area contributed by atoms with E-state index < -0.39 is 16.0 Å². The molecule has 5 rings (SSSR count). The maximum atomic E-state index is 13.0. The Bertz CT molecular complexity index is 870. The second-order valence-electron chi connectivity index (χ2n) is 9.01. The normalized spacial score (nSPS) is 31.2. The number of carbonyl (C=O) groups excluding carboxylic acids is 2. The first-order valence-electron chi connectivity index (χ1n) is 9.93. The third kappa shape index (κ3) is 3.39. The fraction of sp³-hybridized carbons (Fsp3) is 0.619. The van der Waals surface area contributed by atoms with Gasteiger partial charge in [-0.2, -0.15) is 0 Å². The van der Waals surface area contributed by atoms with Crippen molar-refractivity contribution in [2.45, 2.75) is 43.4 Å². The van der Waals surface area contributed by atoms with Gasteiger partial charge in [0, 0.05) is 19.5 Å². The molecule has 4 bridgehead atoms. The monoisotopic (exact) mass is 405 g/mol. The molecule has 28 heavy (non-hydrogen) atoms. The number of carbonyl (C=O) groups is 2. The van der Waals surface area contributed by atoms with Gasteiger partial charge in [-0.3, -0.25) is 4.79 Å². The largest absolute Gasteiger partial charge is 0.454 e. The van der Waals surface area contributed by atoms with Crippen molar-refractivity contribution < 1.29 is 22.7 Å². The molecule has 4 aliphatic rings. The molecule has 4 saturated carbocycles. The highest BCUT2D eigenvalue weighted by Gasteiger charge is 2.54. The van der Waals surface area contributed by atoms with Crippen LogP contribution in [0.15, 0.2) is 29.2 Å². The van der Waals surface area contributed by atoms with E-state index in [9.17, 15) is 18.0 Å². The molecule has 1 aromatic carbocycles. The van der Waals surface area contributed by atoms with E-state index in [4.69, 9.17) is 4.74 Å². The first-order valence-corrected chi connectivity index (χ1v) is 11.4. The zero-order valence-corrected chi connectivity index (χ0v) is 17.2. The number of ketones is 1. The number of benzene rings is 1. The van der Waals surface area contributed by atoms with Gasteiger partial charge in [-0.05, 0) is 74.5 Å². The Labute approximate surface area is 166 Å². The average Bonchev–Trinajstić information content (AvgIpc) is 2.64. The molecule has 0 amide bonds. The van der Waals surface area contributed by atoms with Gasteiger partial charge < -0.3 is 4.74 Å². The van der Waals surface area contributed by atoms with Crippen LogP contribution in [0.25, 0.3) is 0 Å². The van der Waals surface area contributed by atoms with E-state index in [1.165, 1.54) is 57.6 Å². The Morgan fingerprint density at radius 3 is 2.18 bits per heavy atom. The van der Waals surface area contributed by atoms with Crippen LogP contribution in [-0.2, 0) is 19.6 Å². The van der Waals surface area contributed by atoms with Crippen LogP contribution in [-0.4, -0.2) is 45.2 Å². The number of Topliss-reactive ketones (excluding diaryl/α,β-unsaturated/α-hetero) is 1. The highest BCUT2D eigenvalue weighted by atomic mass is 32.2. The smallest absolute Gasteiger partial charge is 0.338 e. The van der Waals surface area contributed by atoms with Crippen LogP contribution in [0.4, 0.5) is 0 Å². The third-order valence-corrected chi connectivity index (χ3v) is 8.62. The van der Waals surface area contributed by atoms with Crippen LogP contribution in [0, 0.1) is 23.2 Å². The lowest BCUT2D eigenvalue weighted by molar-refractivity contribution is -0.147. The summed E-state index contributed by atoms with van der Waals surface area (Å²) in [6.07, 6.45) is 6.56. The van der Waals surface area contributed by atoms with Gasteiger partial charge in [-0.25, -0.2) is 17.5 Å². The Kier molecular flexibility index (Phi) is 4.86. The number of rotatable bonds is 6. The first kappa shape index (κ1) is 19.6. The zero-order chi connectivity index (χ0) is 20.1. The molecule has 6 nitrogen and oxygen atoms in total. The summed E-state index contributed by atoms with van der Waals surface area (Å²) >= 11 is 0. The lowest BCUT2D eigenvalue weighted by Gasteiger charge is -2.55. The molecule has 0 saturated heterocycles. The van der Waals surface area contributed by atoms with E-state index in [0.29, 0.717) is 17.8 Å². The standard InChI is InChI=1S/C21H27NO5S/c1-22(2)28(25,26)18-5-3-4-17(9-18)20(24)27-13-19(23)21-10-14-6-15(11-21)8-16(7-14)12-21/h3-5,9,14-16H,6-8,10-13H2,1-2H3. The zero-order valence-electron chi connectivity index (χ0n) is 16.4. The highest BCUT2D eigenvalue weighted by Crippen LogP contribution is 2.60. The number of ether oxygens (including phenoxy) is 1. The van der Waals surface area contributed by atoms with Crippen molar-refractivity contribution in [2.75, 3.05) is 20.7 Å². The summed E-state index contributed by atoms with van der Waals surface area (Å²) in [4.78, 5) is 25.4. The predicted molar refractivity (Wildman–Crippen MR) is 103 cm³/mol. The second kappa shape index (κ2) is 6.95. The van der Waals surface area contributed by atoms with E-state index in [0.717, 1.165) is 23.6 Å². The van der Waals surface area contributed by atoms with Crippen molar-refractivity contribution in [2.24, 2.45) is 23.2 Å². The molecule has 0 heterocycles. The Balaban J connectivity index is 1.43. The van der Waals surface area contributed by atoms with Gasteiger partial charge in [0.1, 0.15) is 0 Å². The van der Waals surface area contributed by atoms with E-state index in [-0.39, 0.29) is 28.3 Å². The first-order chi connectivity index (χ1) is 13.2. The summed E-state index contributed by atoms with van der Waals surface area (Å²) in [6.45, 7) is -0.227. The molecule has 0 N–H and O–H groups in total. The topological polar surface area (TPSA) is 80.8 Å². The molecule has 0 radical (unpaired) electrons. The van der Waals surface area contributed by atoms with Crippen molar-refractivity contribution in [1.29, 1.82) is 0 Å². The van der Waals surface area contributed by atoms with Crippen LogP contribution in [0.1, 0.15) is 48.9 Å². The Morgan fingerprint density at radius 1 is 1.07 bits per heavy atom. The maximum absolute atomic E-state index is 13.0. The molecule has 4 aliphatic carbocycles. The fourth-order valence-corrected chi connectivity index (χ4v) is 6.76. The molecule has 0 atom stereocenters. The molecule has 4 fully saturated rings. The van der Waals surface area contributed by atoms with Gasteiger partial charge in [-0.15, -0.1) is 0 Å². The maximum Gasteiger partial charge on any atom is 0.338 e. The van der Waals surface area contributed by atoms with Gasteiger partial charge >= 0.3 is 5.97 Å². The number of hydrogen-bond donors (Lipinski definition) is 0. The SMILES string of the molecule is CN(C)S(=O)(=O)c1cccc(C(=O)OCC(=O)C23CC4CC(CC(C4)C2)C3)c1. The minimum atomic E-state index is -3.64. The van der Waals surface area contributed by atoms with Gasteiger partial charge in [0.05, 0.1) is 10.5 Å². The minimum Gasteiger partial charge on any atom is -0.454 e. The quantitative estimate of drug-likeness (QED) is 0.680. The summed E-state index contributed by atoms with van der Waals surface area (Å²) in [5.41, 5.74) is -0.160. The molecule has 0 aromatic heterocycles. The van der Waals surface area contributed by atoms with E-state index in [2.05, 4.69) is 0 Å². The van der Waals surface area contributed by atoms with E-state index >= 15 is 0 Å². The van der Waals surface area contributed by atoms with Crippen molar-refractivity contribution in [3.8, 4) is 0 Å². The van der Waals surface area contributed by atoms with Gasteiger partial charge in [-0.1, -0.05) is 6.07 Å². The number of sulfonamides is 1. The predicted octanol–water partition coefficient (Wildman–Crippen LogP) is 2.88. The summed E-state index contributed by atoms with van der Waals surface area (Å²) < 4.78 is 30.9. The van der Waals surface area contributed by atoms with Gasteiger partial charge in [0.25, 0.3) is 0 Å². The van der Waals surface area contributed by atoms with Crippen LogP contribution >= 0.6 is 0 Å². The van der Waals surface area contributed by atoms with Crippen molar-refractivity contribution in [3.05, 3.63) is 29.8 Å². The number of hydrogen-bond acceptors (Lipinski definition) is 5. The minimum absolute atomic E-state index is 0.0272. The summed E-state index contributed by atoms with van der Waals surface area (Å²) in [5.74, 6) is 1.34. The summed E-state index contributed by atoms with van der Waals surface area (Å²) in [6, 6.07) is 5.75. The molecular formula is C21H27NO5S. The van der Waals surface area contributed by atoms with Crippen molar-refractivity contribution in [1.82, 2.24) is 4.31 Å². The van der Waals surface area contributed by atoms with Crippen LogP contribution < -0.4 is 0 Å². The third-order valence-electron chi connectivity index (χ3n) is 6.81. The second-order valence-corrected chi connectivity index (χ2v) is 11.2. The van der Waals surface area contributed by atoms with Crippen LogP contribution in [0.3, 0.4) is 0 Å². The summed E-state index contributed by atoms with van der Waals surface area (Å²) in [7, 11) is -0.766. The number of esters is 1. The van der Waals surface area contributed by atoms with E-state index in [1.54, 1.807) is 0 Å². The molecular weight excluding hydrogens is 378 g/mol. The van der Waals surface area contributed by atoms with Crippen LogP contribution in [0.2, 0.25) is 0 Å². The lowest BCUT2D eigenvalue weighted by atomic mass is 9.48. The van der Waals surface area contributed by atoms with Crippen LogP contribution in [0.5, 0.6) is 0 Å². The highest BCUT2D eigenvalue weighted by molar-refractivity contribution is 7.89. The van der Waals surface area contributed by atoms with E-state index in [1.807, 2.05) is 0 Å². The molecule has 7 heteroatoms. The number of nitrogens with zero attached hydrogens (tertiary/aromatic N) is 1. The Hall–Kier alpha value is -1.73. The van der Waals surface area contributed by atoms with Gasteiger partial charge in [0.15, 0.2) is 12.4 Å². The molecule has 0 aliphatic heterocycles. The molecule has 0 unspecified atom stereocenters. The molecule has 1 aromatic rings. The summed E-state index contributed by atoms with van der Waals surface area (Å²) in [5, 5.41) is 0. The van der Waals surface area contributed by atoms with Gasteiger partial charge in [0.2, 0.25) is 10.0 Å². The fourth-order valence-electron chi connectivity index (χ4n) is 5.81. The average molecular weight is 406 g/mol. The molecule has 152 valence electrons. The van der Waals surface area contributed by atoms with Crippen molar-refractivity contribution >= 4 is 21.8 Å². The van der Waals surface area contributed by atoms with Crippen molar-refractivity contribution in [3.63, 3.8) is 0 Å². The lowest BCUT2D eigenvalue weighted by Crippen LogP contribution is -2.51.